The van der Waals surface area contributed by atoms with Gasteiger partial charge in [0.1, 0.15) is 5.75 Å². The Balaban J connectivity index is 1.62. The largest absolute Gasteiger partial charge is 0.493 e. The number of hydrogen-bond donors (Lipinski definition) is 3. The first-order valence-corrected chi connectivity index (χ1v) is 7.80. The molecule has 0 bridgehead atoms. The molecule has 1 aromatic rings. The van der Waals surface area contributed by atoms with Crippen LogP contribution in [0.25, 0.3) is 0 Å². The monoisotopic (exact) mass is 323 g/mol. The number of anilines is 1. The van der Waals surface area contributed by atoms with Crippen LogP contribution in [0.15, 0.2) is 18.2 Å². The van der Waals surface area contributed by atoms with Crippen molar-refractivity contribution in [2.45, 2.75) is 31.2 Å². The molecule has 0 radical (unpaired) electrons. The van der Waals surface area contributed by atoms with E-state index in [1.807, 2.05) is 18.2 Å². The van der Waals surface area contributed by atoms with Gasteiger partial charge in [0.15, 0.2) is 11.4 Å². The van der Waals surface area contributed by atoms with Crippen LogP contribution in [0.3, 0.4) is 0 Å². The van der Waals surface area contributed by atoms with E-state index in [0.717, 1.165) is 23.4 Å². The van der Waals surface area contributed by atoms with Crippen molar-refractivity contribution >= 4 is 23.0 Å². The summed E-state index contributed by atoms with van der Waals surface area (Å²) in [6.07, 6.45) is 1.31. The first-order valence-electron chi connectivity index (χ1n) is 7.39. The van der Waals surface area contributed by atoms with Crippen LogP contribution in [-0.4, -0.2) is 43.8 Å². The van der Waals surface area contributed by atoms with Gasteiger partial charge in [0.25, 0.3) is 0 Å². The fourth-order valence-electron chi connectivity index (χ4n) is 2.78. The lowest BCUT2D eigenvalue weighted by Crippen LogP contribution is -2.56. The van der Waals surface area contributed by atoms with Crippen molar-refractivity contribution in [2.75, 3.05) is 25.6 Å². The molecule has 7 heteroatoms. The Morgan fingerprint density at radius 3 is 3.14 bits per heavy atom. The number of nitrogens with two attached hydrogens (primary N) is 1. The summed E-state index contributed by atoms with van der Waals surface area (Å²) in [6, 6.07) is 5.84. The molecule has 3 atom stereocenters. The number of methoxy groups -OCH3 is 1. The van der Waals surface area contributed by atoms with E-state index in [-0.39, 0.29) is 18.4 Å². The van der Waals surface area contributed by atoms with E-state index in [2.05, 4.69) is 10.6 Å². The minimum absolute atomic E-state index is 0.0201. The van der Waals surface area contributed by atoms with Gasteiger partial charge < -0.3 is 30.6 Å². The zero-order chi connectivity index (χ0) is 15.5. The van der Waals surface area contributed by atoms with Crippen LogP contribution in [0, 0.1) is 0 Å². The molecule has 0 spiro atoms. The Kier molecular flexibility index (Phi) is 4.77. The highest BCUT2D eigenvalue weighted by Gasteiger charge is 2.29. The molecule has 2 aliphatic heterocycles. The number of ether oxygens (including phenoxy) is 3. The van der Waals surface area contributed by atoms with Gasteiger partial charge in [0.2, 0.25) is 0 Å². The maximum absolute atomic E-state index is 6.08. The Morgan fingerprint density at radius 1 is 1.45 bits per heavy atom. The minimum atomic E-state index is -0.241. The number of fused-ring (bicyclic) bond motifs is 1. The number of thiocarbonyl (C=S) groups is 1. The lowest BCUT2D eigenvalue weighted by atomic mass is 10.0. The van der Waals surface area contributed by atoms with E-state index in [0.29, 0.717) is 24.7 Å². The second kappa shape index (κ2) is 6.78. The van der Waals surface area contributed by atoms with Gasteiger partial charge in [-0.25, -0.2) is 0 Å². The van der Waals surface area contributed by atoms with Gasteiger partial charge in [-0.2, -0.15) is 0 Å². The Labute approximate surface area is 135 Å². The Morgan fingerprint density at radius 2 is 2.32 bits per heavy atom. The highest BCUT2D eigenvalue weighted by atomic mass is 32.1. The standard InChI is InChI=1S/C15H21N3O3S/c1-19-14-7-12(10(16)8-21-14)18-15(22)17-11-3-2-4-13-9(11)5-6-20-13/h2-4,10,12,14H,5-8,16H2,1H3,(H2,17,18,22)/t10-,12+,14+/m0/s1. The van der Waals surface area contributed by atoms with E-state index in [4.69, 9.17) is 32.2 Å². The summed E-state index contributed by atoms with van der Waals surface area (Å²) < 4.78 is 16.3. The summed E-state index contributed by atoms with van der Waals surface area (Å²) in [6.45, 7) is 1.17. The van der Waals surface area contributed by atoms with Crippen molar-refractivity contribution in [1.82, 2.24) is 5.32 Å². The van der Waals surface area contributed by atoms with Crippen molar-refractivity contribution in [1.29, 1.82) is 0 Å². The highest BCUT2D eigenvalue weighted by molar-refractivity contribution is 7.80. The third-order valence-electron chi connectivity index (χ3n) is 4.01. The third-order valence-corrected chi connectivity index (χ3v) is 4.23. The third kappa shape index (κ3) is 3.33. The van der Waals surface area contributed by atoms with Gasteiger partial charge in [-0.15, -0.1) is 0 Å². The summed E-state index contributed by atoms with van der Waals surface area (Å²) in [4.78, 5) is 0. The van der Waals surface area contributed by atoms with Crippen LogP contribution in [0.5, 0.6) is 5.75 Å². The molecule has 120 valence electrons. The van der Waals surface area contributed by atoms with Crippen LogP contribution >= 0.6 is 12.2 Å². The zero-order valence-corrected chi connectivity index (χ0v) is 13.3. The molecule has 1 fully saturated rings. The molecule has 2 aliphatic rings. The molecule has 1 aromatic carbocycles. The maximum atomic E-state index is 6.08. The minimum Gasteiger partial charge on any atom is -0.493 e. The van der Waals surface area contributed by atoms with Gasteiger partial charge >= 0.3 is 0 Å². The van der Waals surface area contributed by atoms with Crippen LogP contribution < -0.4 is 21.1 Å². The predicted octanol–water partition coefficient (Wildman–Crippen LogP) is 0.997. The Bertz CT molecular complexity index is 555. The summed E-state index contributed by atoms with van der Waals surface area (Å²) in [5.74, 6) is 0.926. The van der Waals surface area contributed by atoms with Crippen molar-refractivity contribution < 1.29 is 14.2 Å². The summed E-state index contributed by atoms with van der Waals surface area (Å²) in [5, 5.41) is 7.07. The molecule has 2 heterocycles. The topological polar surface area (TPSA) is 77.8 Å². The number of hydrogen-bond acceptors (Lipinski definition) is 5. The van der Waals surface area contributed by atoms with Gasteiger partial charge in [0.05, 0.1) is 19.3 Å². The molecule has 0 unspecified atom stereocenters. The molecule has 6 nitrogen and oxygen atoms in total. The van der Waals surface area contributed by atoms with E-state index in [1.54, 1.807) is 7.11 Å². The molecule has 0 amide bonds. The molecule has 3 rings (SSSR count). The normalized spacial score (nSPS) is 26.9. The van der Waals surface area contributed by atoms with Gasteiger partial charge in [-0.3, -0.25) is 0 Å². The van der Waals surface area contributed by atoms with Crippen molar-refractivity contribution in [3.63, 3.8) is 0 Å². The first kappa shape index (κ1) is 15.5. The molecule has 22 heavy (non-hydrogen) atoms. The summed E-state index contributed by atoms with van der Waals surface area (Å²) in [7, 11) is 1.63. The van der Waals surface area contributed by atoms with Gasteiger partial charge in [0, 0.05) is 37.2 Å². The summed E-state index contributed by atoms with van der Waals surface area (Å²) >= 11 is 5.42. The second-order valence-corrected chi connectivity index (χ2v) is 5.89. The first-order chi connectivity index (χ1) is 10.7. The lowest BCUT2D eigenvalue weighted by Gasteiger charge is -2.34. The predicted molar refractivity (Wildman–Crippen MR) is 88.1 cm³/mol. The molecule has 4 N–H and O–H groups in total. The zero-order valence-electron chi connectivity index (χ0n) is 12.5. The second-order valence-electron chi connectivity index (χ2n) is 5.48. The molecule has 0 aromatic heterocycles. The van der Waals surface area contributed by atoms with Gasteiger partial charge in [-0.05, 0) is 24.4 Å². The quantitative estimate of drug-likeness (QED) is 0.716. The molecule has 1 saturated heterocycles. The lowest BCUT2D eigenvalue weighted by molar-refractivity contribution is -0.155. The maximum Gasteiger partial charge on any atom is 0.171 e. The average molecular weight is 323 g/mol. The van der Waals surface area contributed by atoms with Crippen molar-refractivity contribution in [3.05, 3.63) is 23.8 Å². The SMILES string of the molecule is CO[C@H]1C[C@@H](NC(=S)Nc2cccc3c2CCO3)[C@@H](N)CO1. The Hall–Kier alpha value is -1.41. The fraction of sp³-hybridized carbons (Fsp3) is 0.533. The van der Waals surface area contributed by atoms with Crippen molar-refractivity contribution in [3.8, 4) is 5.75 Å². The fourth-order valence-corrected chi connectivity index (χ4v) is 3.04. The van der Waals surface area contributed by atoms with E-state index in [1.165, 1.54) is 0 Å². The van der Waals surface area contributed by atoms with Crippen LogP contribution in [0.1, 0.15) is 12.0 Å². The van der Waals surface area contributed by atoms with Crippen LogP contribution in [-0.2, 0) is 15.9 Å². The highest BCUT2D eigenvalue weighted by Crippen LogP contribution is 2.31. The number of rotatable bonds is 3. The molecule has 0 aliphatic carbocycles. The van der Waals surface area contributed by atoms with E-state index < -0.39 is 0 Å². The molecule has 0 saturated carbocycles. The number of nitrogens with one attached hydrogen (secondary N) is 2. The van der Waals surface area contributed by atoms with E-state index in [9.17, 15) is 0 Å². The average Bonchev–Trinajstić information content (AvgIpc) is 2.99. The number of benzene rings is 1. The van der Waals surface area contributed by atoms with E-state index >= 15 is 0 Å². The van der Waals surface area contributed by atoms with Crippen molar-refractivity contribution in [2.24, 2.45) is 5.73 Å². The summed E-state index contributed by atoms with van der Waals surface area (Å²) in [5.41, 5.74) is 8.22. The molecular weight excluding hydrogens is 302 g/mol. The smallest absolute Gasteiger partial charge is 0.171 e. The van der Waals surface area contributed by atoms with Crippen LogP contribution in [0.4, 0.5) is 5.69 Å². The molecular formula is C15H21N3O3S. The van der Waals surface area contributed by atoms with Crippen LogP contribution in [0.2, 0.25) is 0 Å². The van der Waals surface area contributed by atoms with Gasteiger partial charge in [-0.1, -0.05) is 6.07 Å².